The van der Waals surface area contributed by atoms with Gasteiger partial charge in [0.25, 0.3) is 0 Å². The topological polar surface area (TPSA) is 51.2 Å². The molecule has 0 N–H and O–H groups in total. The molecule has 0 radical (unpaired) electrons. The largest absolute Gasteiger partial charge is 0.381 e. The summed E-state index contributed by atoms with van der Waals surface area (Å²) >= 11 is 0. The molecule has 3 aliphatic rings. The van der Waals surface area contributed by atoms with Crippen molar-refractivity contribution in [3.05, 3.63) is 0 Å². The number of hydrogen-bond donors (Lipinski definition) is 0. The van der Waals surface area contributed by atoms with Crippen LogP contribution in [-0.4, -0.2) is 87.6 Å². The maximum absolute atomic E-state index is 11.5. The molecule has 3 fully saturated rings. The Morgan fingerprint density at radius 1 is 1.21 bits per heavy atom. The fourth-order valence-corrected chi connectivity index (χ4v) is 4.14. The Bertz CT molecular complexity index is 417. The summed E-state index contributed by atoms with van der Waals surface area (Å²) in [5.41, 5.74) is 0.0840. The summed E-state index contributed by atoms with van der Waals surface area (Å²) in [6, 6.07) is 0.689. The molecule has 1 atom stereocenters. The SMILES string of the molecule is CN(C)C(=O)COCCC1CCOC2(C1)CN(C1CCOCC1)C2. The van der Waals surface area contributed by atoms with Gasteiger partial charge in [-0.1, -0.05) is 0 Å². The molecule has 0 aromatic carbocycles. The normalized spacial score (nSPS) is 27.8. The highest BCUT2D eigenvalue weighted by molar-refractivity contribution is 5.76. The highest BCUT2D eigenvalue weighted by Crippen LogP contribution is 2.40. The molecule has 6 heteroatoms. The fourth-order valence-electron chi connectivity index (χ4n) is 4.14. The third-order valence-corrected chi connectivity index (χ3v) is 5.68. The molecular weight excluding hydrogens is 308 g/mol. The van der Waals surface area contributed by atoms with Gasteiger partial charge in [-0.05, 0) is 38.0 Å². The Morgan fingerprint density at radius 3 is 2.67 bits per heavy atom. The summed E-state index contributed by atoms with van der Waals surface area (Å²) in [7, 11) is 3.52. The zero-order valence-electron chi connectivity index (χ0n) is 15.2. The maximum atomic E-state index is 11.5. The molecule has 1 amide bonds. The molecule has 0 aliphatic carbocycles. The number of carbonyl (C=O) groups is 1. The van der Waals surface area contributed by atoms with E-state index in [1.165, 1.54) is 0 Å². The monoisotopic (exact) mass is 340 g/mol. The highest BCUT2D eigenvalue weighted by Gasteiger charge is 2.49. The van der Waals surface area contributed by atoms with Gasteiger partial charge in [0, 0.05) is 59.7 Å². The molecule has 0 saturated carbocycles. The van der Waals surface area contributed by atoms with Crippen LogP contribution in [-0.2, 0) is 19.0 Å². The van der Waals surface area contributed by atoms with Crippen LogP contribution in [0.25, 0.3) is 0 Å². The van der Waals surface area contributed by atoms with Crippen LogP contribution in [0.3, 0.4) is 0 Å². The van der Waals surface area contributed by atoms with Gasteiger partial charge in [0.15, 0.2) is 0 Å². The van der Waals surface area contributed by atoms with Crippen LogP contribution in [0.5, 0.6) is 0 Å². The van der Waals surface area contributed by atoms with Crippen molar-refractivity contribution >= 4 is 5.91 Å². The zero-order valence-corrected chi connectivity index (χ0v) is 15.2. The van der Waals surface area contributed by atoms with Crippen molar-refractivity contribution in [1.29, 1.82) is 0 Å². The number of amides is 1. The Morgan fingerprint density at radius 2 is 1.96 bits per heavy atom. The molecule has 3 saturated heterocycles. The first-order valence-corrected chi connectivity index (χ1v) is 9.32. The molecule has 24 heavy (non-hydrogen) atoms. The van der Waals surface area contributed by atoms with Gasteiger partial charge in [0.05, 0.1) is 5.60 Å². The lowest BCUT2D eigenvalue weighted by Gasteiger charge is -2.56. The molecule has 138 valence electrons. The van der Waals surface area contributed by atoms with Crippen molar-refractivity contribution in [3.8, 4) is 0 Å². The first-order valence-electron chi connectivity index (χ1n) is 9.32. The second-order valence-corrected chi connectivity index (χ2v) is 7.77. The van der Waals surface area contributed by atoms with Crippen LogP contribution in [0.4, 0.5) is 0 Å². The Labute approximate surface area is 145 Å². The number of likely N-dealkylation sites (N-methyl/N-ethyl adjacent to an activating group) is 1. The quantitative estimate of drug-likeness (QED) is 0.679. The molecule has 1 spiro atoms. The lowest BCUT2D eigenvalue weighted by Crippen LogP contribution is -2.68. The number of hydrogen-bond acceptors (Lipinski definition) is 5. The van der Waals surface area contributed by atoms with Crippen LogP contribution < -0.4 is 0 Å². The predicted molar refractivity (Wildman–Crippen MR) is 91.0 cm³/mol. The molecule has 1 unspecified atom stereocenters. The maximum Gasteiger partial charge on any atom is 0.248 e. The summed E-state index contributed by atoms with van der Waals surface area (Å²) in [5, 5.41) is 0. The van der Waals surface area contributed by atoms with Gasteiger partial charge in [-0.25, -0.2) is 0 Å². The first kappa shape index (κ1) is 18.1. The van der Waals surface area contributed by atoms with Gasteiger partial charge in [0.2, 0.25) is 5.91 Å². The van der Waals surface area contributed by atoms with Gasteiger partial charge in [0.1, 0.15) is 6.61 Å². The van der Waals surface area contributed by atoms with E-state index < -0.39 is 0 Å². The van der Waals surface area contributed by atoms with Crippen molar-refractivity contribution in [1.82, 2.24) is 9.80 Å². The molecule has 0 aromatic heterocycles. The summed E-state index contributed by atoms with van der Waals surface area (Å²) < 4.78 is 17.2. The predicted octanol–water partition coefficient (Wildman–Crippen LogP) is 1.14. The lowest BCUT2D eigenvalue weighted by atomic mass is 9.78. The summed E-state index contributed by atoms with van der Waals surface area (Å²) in [6.45, 7) is 5.69. The molecule has 0 bridgehead atoms. The Kier molecular flexibility index (Phi) is 6.13. The Hall–Kier alpha value is -0.690. The minimum Gasteiger partial charge on any atom is -0.381 e. The fraction of sp³-hybridized carbons (Fsp3) is 0.944. The van der Waals surface area contributed by atoms with E-state index in [0.717, 1.165) is 65.0 Å². The van der Waals surface area contributed by atoms with E-state index in [-0.39, 0.29) is 18.1 Å². The third kappa shape index (κ3) is 4.48. The third-order valence-electron chi connectivity index (χ3n) is 5.68. The number of likely N-dealkylation sites (tertiary alicyclic amines) is 1. The minimum atomic E-state index is 0.0320. The smallest absolute Gasteiger partial charge is 0.248 e. The summed E-state index contributed by atoms with van der Waals surface area (Å²) in [6.07, 6.45) is 5.60. The van der Waals surface area contributed by atoms with Crippen molar-refractivity contribution < 1.29 is 19.0 Å². The van der Waals surface area contributed by atoms with Crippen LogP contribution in [0.15, 0.2) is 0 Å². The van der Waals surface area contributed by atoms with E-state index in [2.05, 4.69) is 4.90 Å². The average molecular weight is 340 g/mol. The van der Waals surface area contributed by atoms with Gasteiger partial charge < -0.3 is 19.1 Å². The number of ether oxygens (including phenoxy) is 3. The number of carbonyl (C=O) groups excluding carboxylic acids is 1. The molecule has 3 heterocycles. The zero-order chi connectivity index (χ0) is 17.0. The van der Waals surface area contributed by atoms with E-state index in [1.807, 2.05) is 0 Å². The van der Waals surface area contributed by atoms with E-state index in [9.17, 15) is 4.79 Å². The van der Waals surface area contributed by atoms with E-state index in [4.69, 9.17) is 14.2 Å². The summed E-state index contributed by atoms with van der Waals surface area (Å²) in [4.78, 5) is 15.7. The van der Waals surface area contributed by atoms with Gasteiger partial charge in [-0.3, -0.25) is 9.69 Å². The minimum absolute atomic E-state index is 0.0320. The van der Waals surface area contributed by atoms with Crippen molar-refractivity contribution in [2.75, 3.05) is 60.2 Å². The lowest BCUT2D eigenvalue weighted by molar-refractivity contribution is -0.195. The number of nitrogens with zero attached hydrogens (tertiary/aromatic N) is 2. The second kappa shape index (κ2) is 8.13. The molecular formula is C18H32N2O4. The van der Waals surface area contributed by atoms with Crippen LogP contribution in [0, 0.1) is 5.92 Å². The van der Waals surface area contributed by atoms with Crippen LogP contribution in [0.2, 0.25) is 0 Å². The van der Waals surface area contributed by atoms with Crippen LogP contribution >= 0.6 is 0 Å². The first-order chi connectivity index (χ1) is 11.6. The standard InChI is InChI=1S/C18H32N2O4/c1-19(2)17(21)12-23-7-3-15-4-10-24-18(11-15)13-20(14-18)16-5-8-22-9-6-16/h15-16H,3-14H2,1-2H3. The second-order valence-electron chi connectivity index (χ2n) is 7.77. The molecule has 3 rings (SSSR count). The molecule has 6 nitrogen and oxygen atoms in total. The van der Waals surface area contributed by atoms with Crippen molar-refractivity contribution in [3.63, 3.8) is 0 Å². The van der Waals surface area contributed by atoms with Crippen molar-refractivity contribution in [2.24, 2.45) is 5.92 Å². The highest BCUT2D eigenvalue weighted by atomic mass is 16.5. The van der Waals surface area contributed by atoms with Crippen LogP contribution in [0.1, 0.15) is 32.1 Å². The van der Waals surface area contributed by atoms with E-state index in [1.54, 1.807) is 19.0 Å². The van der Waals surface area contributed by atoms with E-state index in [0.29, 0.717) is 18.6 Å². The van der Waals surface area contributed by atoms with Gasteiger partial charge in [-0.2, -0.15) is 0 Å². The van der Waals surface area contributed by atoms with Gasteiger partial charge >= 0.3 is 0 Å². The van der Waals surface area contributed by atoms with Crippen molar-refractivity contribution in [2.45, 2.75) is 43.7 Å². The molecule has 0 aromatic rings. The Balaban J connectivity index is 1.35. The molecule has 3 aliphatic heterocycles. The van der Waals surface area contributed by atoms with Gasteiger partial charge in [-0.15, -0.1) is 0 Å². The van der Waals surface area contributed by atoms with E-state index >= 15 is 0 Å². The summed E-state index contributed by atoms with van der Waals surface area (Å²) in [5.74, 6) is 0.689. The number of rotatable bonds is 6. The average Bonchev–Trinajstić information content (AvgIpc) is 2.57.